The molecule has 2 heteroatoms. The molecule has 48 valence electrons. The fraction of sp³-hybridized carbons (Fsp3) is 0.833. The molecular weight excluding hydrogens is 100 g/mol. The van der Waals surface area contributed by atoms with Crippen LogP contribution in [0, 0.1) is 0 Å². The van der Waals surface area contributed by atoms with Gasteiger partial charge in [-0.2, -0.15) is 0 Å². The summed E-state index contributed by atoms with van der Waals surface area (Å²) in [4.78, 5) is 3.84. The average Bonchev–Trinajstić information content (AvgIpc) is 1.81. The molecule has 0 rings (SSSR count). The van der Waals surface area contributed by atoms with E-state index < -0.39 is 0 Å². The zero-order chi connectivity index (χ0) is 6.24. The van der Waals surface area contributed by atoms with Crippen LogP contribution in [0.3, 0.4) is 0 Å². The van der Waals surface area contributed by atoms with Gasteiger partial charge in [-0.15, -0.1) is 0 Å². The SMILES string of the molecule is CN=CCCCCN. The van der Waals surface area contributed by atoms with Crippen molar-refractivity contribution in [2.24, 2.45) is 10.7 Å². The molecule has 0 spiro atoms. The zero-order valence-electron chi connectivity index (χ0n) is 5.43. The van der Waals surface area contributed by atoms with Gasteiger partial charge < -0.3 is 10.7 Å². The van der Waals surface area contributed by atoms with Gasteiger partial charge in [-0.25, -0.2) is 0 Å². The third kappa shape index (κ3) is 5.63. The number of aliphatic imine (C=N–C) groups is 1. The van der Waals surface area contributed by atoms with E-state index in [-0.39, 0.29) is 0 Å². The molecule has 0 unspecified atom stereocenters. The van der Waals surface area contributed by atoms with Gasteiger partial charge in [0.2, 0.25) is 0 Å². The van der Waals surface area contributed by atoms with E-state index in [9.17, 15) is 0 Å². The Kier molecular flexibility index (Phi) is 6.32. The van der Waals surface area contributed by atoms with E-state index in [0.717, 1.165) is 19.4 Å². The molecule has 0 amide bonds. The molecule has 0 heterocycles. The van der Waals surface area contributed by atoms with Crippen LogP contribution in [0.2, 0.25) is 0 Å². The zero-order valence-corrected chi connectivity index (χ0v) is 5.43. The van der Waals surface area contributed by atoms with Crippen LogP contribution in [0.4, 0.5) is 0 Å². The van der Waals surface area contributed by atoms with Crippen molar-refractivity contribution >= 4 is 6.21 Å². The van der Waals surface area contributed by atoms with Crippen LogP contribution < -0.4 is 5.73 Å². The molecule has 0 bridgehead atoms. The Labute approximate surface area is 50.8 Å². The maximum atomic E-state index is 5.27. The first-order chi connectivity index (χ1) is 3.91. The van der Waals surface area contributed by atoms with Gasteiger partial charge in [0.15, 0.2) is 0 Å². The molecule has 0 aromatic rings. The van der Waals surface area contributed by atoms with Crippen LogP contribution in [-0.4, -0.2) is 19.8 Å². The maximum absolute atomic E-state index is 5.27. The Morgan fingerprint density at radius 3 is 2.75 bits per heavy atom. The van der Waals surface area contributed by atoms with E-state index in [1.807, 2.05) is 6.21 Å². The van der Waals surface area contributed by atoms with Crippen LogP contribution in [0.15, 0.2) is 4.99 Å². The van der Waals surface area contributed by atoms with Gasteiger partial charge in [0, 0.05) is 7.05 Å². The Morgan fingerprint density at radius 1 is 1.50 bits per heavy atom. The van der Waals surface area contributed by atoms with Gasteiger partial charge in [-0.3, -0.25) is 0 Å². The van der Waals surface area contributed by atoms with E-state index in [1.54, 1.807) is 7.05 Å². The normalized spacial score (nSPS) is 10.8. The highest BCUT2D eigenvalue weighted by molar-refractivity contribution is 5.56. The van der Waals surface area contributed by atoms with Crippen LogP contribution in [0.5, 0.6) is 0 Å². The molecule has 0 fully saturated rings. The van der Waals surface area contributed by atoms with E-state index in [4.69, 9.17) is 5.73 Å². The van der Waals surface area contributed by atoms with Crippen molar-refractivity contribution in [3.05, 3.63) is 0 Å². The third-order valence-electron chi connectivity index (χ3n) is 0.970. The van der Waals surface area contributed by atoms with Crippen molar-refractivity contribution < 1.29 is 0 Å². The first-order valence-corrected chi connectivity index (χ1v) is 3.02. The summed E-state index contributed by atoms with van der Waals surface area (Å²) >= 11 is 0. The quantitative estimate of drug-likeness (QED) is 0.426. The lowest BCUT2D eigenvalue weighted by Gasteiger charge is -1.88. The molecule has 0 aromatic heterocycles. The second-order valence-electron chi connectivity index (χ2n) is 1.73. The summed E-state index contributed by atoms with van der Waals surface area (Å²) in [6.45, 7) is 0.803. The molecule has 0 aromatic carbocycles. The molecule has 0 radical (unpaired) electrons. The smallest absolute Gasteiger partial charge is 0.0273 e. The van der Waals surface area contributed by atoms with E-state index >= 15 is 0 Å². The Bertz CT molecular complexity index is 59.5. The second-order valence-corrected chi connectivity index (χ2v) is 1.73. The second kappa shape index (κ2) is 6.63. The van der Waals surface area contributed by atoms with Crippen LogP contribution in [0.1, 0.15) is 19.3 Å². The first kappa shape index (κ1) is 7.63. The first-order valence-electron chi connectivity index (χ1n) is 3.02. The number of nitrogens with two attached hydrogens (primary N) is 1. The summed E-state index contributed by atoms with van der Waals surface area (Å²) in [7, 11) is 1.79. The third-order valence-corrected chi connectivity index (χ3v) is 0.970. The van der Waals surface area contributed by atoms with Crippen molar-refractivity contribution in [3.8, 4) is 0 Å². The maximum Gasteiger partial charge on any atom is 0.0273 e. The molecule has 2 nitrogen and oxygen atoms in total. The fourth-order valence-corrected chi connectivity index (χ4v) is 0.509. The van der Waals surface area contributed by atoms with Gasteiger partial charge in [0.05, 0.1) is 0 Å². The fourth-order valence-electron chi connectivity index (χ4n) is 0.509. The highest BCUT2D eigenvalue weighted by Crippen LogP contribution is 1.88. The molecule has 0 aliphatic heterocycles. The van der Waals surface area contributed by atoms with Crippen molar-refractivity contribution in [1.82, 2.24) is 0 Å². The molecule has 8 heavy (non-hydrogen) atoms. The summed E-state index contributed by atoms with van der Waals surface area (Å²) < 4.78 is 0. The van der Waals surface area contributed by atoms with Crippen molar-refractivity contribution in [3.63, 3.8) is 0 Å². The Balaban J connectivity index is 2.72. The summed E-state index contributed by atoms with van der Waals surface area (Å²) in [5.41, 5.74) is 5.27. The average molecular weight is 114 g/mol. The molecule has 0 saturated carbocycles. The molecule has 0 aliphatic carbocycles. The monoisotopic (exact) mass is 114 g/mol. The number of hydrogen-bond acceptors (Lipinski definition) is 2. The van der Waals surface area contributed by atoms with E-state index in [0.29, 0.717) is 0 Å². The van der Waals surface area contributed by atoms with E-state index in [2.05, 4.69) is 4.99 Å². The Hall–Kier alpha value is -0.370. The van der Waals surface area contributed by atoms with Crippen molar-refractivity contribution in [1.29, 1.82) is 0 Å². The summed E-state index contributed by atoms with van der Waals surface area (Å²) in [6.07, 6.45) is 5.29. The minimum atomic E-state index is 0.803. The van der Waals surface area contributed by atoms with Crippen molar-refractivity contribution in [2.45, 2.75) is 19.3 Å². The minimum Gasteiger partial charge on any atom is -0.330 e. The predicted molar refractivity (Wildman–Crippen MR) is 37.3 cm³/mol. The molecular formula is C6H14N2. The van der Waals surface area contributed by atoms with Gasteiger partial charge in [0.1, 0.15) is 0 Å². The summed E-state index contributed by atoms with van der Waals surface area (Å²) in [6, 6.07) is 0. The highest BCUT2D eigenvalue weighted by atomic mass is 14.6. The lowest BCUT2D eigenvalue weighted by Crippen LogP contribution is -1.97. The minimum absolute atomic E-state index is 0.803. The lowest BCUT2D eigenvalue weighted by molar-refractivity contribution is 0.777. The van der Waals surface area contributed by atoms with Gasteiger partial charge in [-0.1, -0.05) is 0 Å². The van der Waals surface area contributed by atoms with Crippen molar-refractivity contribution in [2.75, 3.05) is 13.6 Å². The standard InChI is InChI=1S/C6H14N2/c1-8-6-4-2-3-5-7/h6H,2-5,7H2,1H3. The number of rotatable bonds is 4. The predicted octanol–water partition coefficient (Wildman–Crippen LogP) is 0.816. The van der Waals surface area contributed by atoms with Gasteiger partial charge in [0.25, 0.3) is 0 Å². The van der Waals surface area contributed by atoms with Crippen LogP contribution in [-0.2, 0) is 0 Å². The van der Waals surface area contributed by atoms with Crippen LogP contribution in [0.25, 0.3) is 0 Å². The molecule has 2 N–H and O–H groups in total. The lowest BCUT2D eigenvalue weighted by atomic mass is 10.2. The highest BCUT2D eigenvalue weighted by Gasteiger charge is 1.79. The molecule has 0 atom stereocenters. The summed E-state index contributed by atoms with van der Waals surface area (Å²) in [5, 5.41) is 0. The summed E-state index contributed by atoms with van der Waals surface area (Å²) in [5.74, 6) is 0. The number of unbranched alkanes of at least 4 members (excludes halogenated alkanes) is 2. The largest absolute Gasteiger partial charge is 0.330 e. The number of nitrogens with zero attached hydrogens (tertiary/aromatic N) is 1. The number of hydrogen-bond donors (Lipinski definition) is 1. The molecule has 0 aliphatic rings. The van der Waals surface area contributed by atoms with Gasteiger partial charge >= 0.3 is 0 Å². The Morgan fingerprint density at radius 2 is 2.25 bits per heavy atom. The topological polar surface area (TPSA) is 38.4 Å². The van der Waals surface area contributed by atoms with E-state index in [1.165, 1.54) is 6.42 Å². The van der Waals surface area contributed by atoms with Gasteiger partial charge in [-0.05, 0) is 32.0 Å². The molecule has 0 saturated heterocycles. The van der Waals surface area contributed by atoms with Crippen LogP contribution >= 0.6 is 0 Å².